The van der Waals surface area contributed by atoms with Gasteiger partial charge in [0.05, 0.1) is 5.69 Å². The van der Waals surface area contributed by atoms with Gasteiger partial charge in [-0.25, -0.2) is 0 Å². The van der Waals surface area contributed by atoms with E-state index in [2.05, 4.69) is 52.0 Å². The molecular weight excluding hydrogens is 324 g/mol. The Bertz CT molecular complexity index is 647. The van der Waals surface area contributed by atoms with Crippen molar-refractivity contribution in [2.45, 2.75) is 32.6 Å². The zero-order valence-electron chi connectivity index (χ0n) is 14.0. The smallest absolute Gasteiger partial charge is 0.228 e. The molecule has 1 aromatic carbocycles. The quantitative estimate of drug-likeness (QED) is 0.775. The van der Waals surface area contributed by atoms with E-state index in [0.29, 0.717) is 5.82 Å². The number of hydrogen-bond acceptors (Lipinski definition) is 3. The molecule has 1 amide bonds. The molecule has 3 rings (SSSR count). The summed E-state index contributed by atoms with van der Waals surface area (Å²) in [6, 6.07) is 10.4. The second-order valence-corrected chi connectivity index (χ2v) is 6.13. The predicted octanol–water partition coefficient (Wildman–Crippen LogP) is 3.39. The highest BCUT2D eigenvalue weighted by Crippen LogP contribution is 2.22. The van der Waals surface area contributed by atoms with Crippen LogP contribution in [0.1, 0.15) is 31.7 Å². The van der Waals surface area contributed by atoms with Crippen LogP contribution in [0.15, 0.2) is 30.3 Å². The molecule has 6 heteroatoms. The number of aromatic amines is 1. The minimum absolute atomic E-state index is 0. The first kappa shape index (κ1) is 18.5. The molecule has 2 aromatic rings. The van der Waals surface area contributed by atoms with Gasteiger partial charge in [0, 0.05) is 12.0 Å². The van der Waals surface area contributed by atoms with Crippen molar-refractivity contribution in [1.82, 2.24) is 15.5 Å². The van der Waals surface area contributed by atoms with Gasteiger partial charge in [-0.3, -0.25) is 9.89 Å². The number of piperidine rings is 1. The monoisotopic (exact) mass is 348 g/mol. The average Bonchev–Trinajstić information content (AvgIpc) is 3.05. The summed E-state index contributed by atoms with van der Waals surface area (Å²) in [5, 5.41) is 13.4. The Kier molecular flexibility index (Phi) is 6.82. The van der Waals surface area contributed by atoms with Crippen molar-refractivity contribution in [3.05, 3.63) is 35.9 Å². The van der Waals surface area contributed by atoms with E-state index in [9.17, 15) is 4.79 Å². The lowest BCUT2D eigenvalue weighted by Gasteiger charge is -2.21. The van der Waals surface area contributed by atoms with Crippen LogP contribution >= 0.6 is 12.4 Å². The molecule has 130 valence electrons. The second-order valence-electron chi connectivity index (χ2n) is 6.13. The molecule has 3 N–H and O–H groups in total. The van der Waals surface area contributed by atoms with Crippen molar-refractivity contribution in [1.29, 1.82) is 0 Å². The lowest BCUT2D eigenvalue weighted by molar-refractivity contribution is -0.120. The third kappa shape index (κ3) is 4.58. The number of benzene rings is 1. The standard InChI is InChI=1S/C18H24N4O.ClH/c1-2-3-13-4-6-14(7-5-13)16-12-17(22-21-16)20-18(23)15-8-10-19-11-9-15;/h4-7,12,15,19H,2-3,8-11H2,1H3,(H2,20,21,22,23);1H. The van der Waals surface area contributed by atoms with Crippen LogP contribution in [-0.4, -0.2) is 29.2 Å². The number of amides is 1. The molecule has 0 spiro atoms. The highest BCUT2D eigenvalue weighted by Gasteiger charge is 2.21. The molecule has 1 aliphatic rings. The van der Waals surface area contributed by atoms with Gasteiger partial charge < -0.3 is 10.6 Å². The van der Waals surface area contributed by atoms with Gasteiger partial charge >= 0.3 is 0 Å². The number of halogens is 1. The van der Waals surface area contributed by atoms with Crippen molar-refractivity contribution in [3.63, 3.8) is 0 Å². The number of rotatable bonds is 5. The number of anilines is 1. The fraction of sp³-hybridized carbons (Fsp3) is 0.444. The van der Waals surface area contributed by atoms with Gasteiger partial charge in [-0.05, 0) is 43.5 Å². The minimum Gasteiger partial charge on any atom is -0.317 e. The number of nitrogens with one attached hydrogen (secondary N) is 3. The molecular formula is C18H25ClN4O. The Morgan fingerprint density at radius 2 is 1.96 bits per heavy atom. The van der Waals surface area contributed by atoms with E-state index in [4.69, 9.17) is 0 Å². The molecule has 1 aliphatic heterocycles. The van der Waals surface area contributed by atoms with Gasteiger partial charge in [-0.15, -0.1) is 12.4 Å². The normalized spacial score (nSPS) is 14.9. The Balaban J connectivity index is 0.00000208. The van der Waals surface area contributed by atoms with E-state index in [-0.39, 0.29) is 24.2 Å². The fourth-order valence-electron chi connectivity index (χ4n) is 2.99. The van der Waals surface area contributed by atoms with E-state index in [1.54, 1.807) is 0 Å². The molecule has 1 aromatic heterocycles. The van der Waals surface area contributed by atoms with Gasteiger partial charge in [-0.2, -0.15) is 5.10 Å². The van der Waals surface area contributed by atoms with Gasteiger partial charge in [0.15, 0.2) is 5.82 Å². The van der Waals surface area contributed by atoms with Gasteiger partial charge in [0.1, 0.15) is 0 Å². The van der Waals surface area contributed by atoms with Crippen molar-refractivity contribution in [3.8, 4) is 11.3 Å². The Labute approximate surface area is 149 Å². The zero-order chi connectivity index (χ0) is 16.1. The first-order valence-corrected chi connectivity index (χ1v) is 8.42. The molecule has 24 heavy (non-hydrogen) atoms. The summed E-state index contributed by atoms with van der Waals surface area (Å²) in [6.45, 7) is 4.00. The molecule has 5 nitrogen and oxygen atoms in total. The summed E-state index contributed by atoms with van der Waals surface area (Å²) in [6.07, 6.45) is 4.03. The molecule has 0 radical (unpaired) electrons. The second kappa shape index (κ2) is 8.85. The first-order valence-electron chi connectivity index (χ1n) is 8.42. The maximum atomic E-state index is 12.2. The maximum Gasteiger partial charge on any atom is 0.228 e. The third-order valence-electron chi connectivity index (χ3n) is 4.34. The number of H-pyrrole nitrogens is 1. The highest BCUT2D eigenvalue weighted by molar-refractivity contribution is 5.92. The van der Waals surface area contributed by atoms with Crippen LogP contribution in [-0.2, 0) is 11.2 Å². The van der Waals surface area contributed by atoms with Crippen molar-refractivity contribution < 1.29 is 4.79 Å². The van der Waals surface area contributed by atoms with Gasteiger partial charge in [-0.1, -0.05) is 37.6 Å². The number of carbonyl (C=O) groups is 1. The summed E-state index contributed by atoms with van der Waals surface area (Å²) in [7, 11) is 0. The van der Waals surface area contributed by atoms with Crippen LogP contribution < -0.4 is 10.6 Å². The van der Waals surface area contributed by atoms with Crippen molar-refractivity contribution >= 4 is 24.1 Å². The Hall–Kier alpha value is -1.85. The molecule has 1 fully saturated rings. The van der Waals surface area contributed by atoms with E-state index in [1.807, 2.05) is 6.07 Å². The van der Waals surface area contributed by atoms with Crippen LogP contribution in [0.5, 0.6) is 0 Å². The minimum atomic E-state index is 0. The average molecular weight is 349 g/mol. The fourth-order valence-corrected chi connectivity index (χ4v) is 2.99. The summed E-state index contributed by atoms with van der Waals surface area (Å²) >= 11 is 0. The lowest BCUT2D eigenvalue weighted by atomic mass is 9.97. The number of aromatic nitrogens is 2. The van der Waals surface area contributed by atoms with Crippen molar-refractivity contribution in [2.75, 3.05) is 18.4 Å². The van der Waals surface area contributed by atoms with E-state index >= 15 is 0 Å². The summed E-state index contributed by atoms with van der Waals surface area (Å²) in [5.74, 6) is 0.758. The zero-order valence-corrected chi connectivity index (χ0v) is 14.8. The first-order chi connectivity index (χ1) is 11.3. The van der Waals surface area contributed by atoms with E-state index < -0.39 is 0 Å². The molecule has 1 saturated heterocycles. The Morgan fingerprint density at radius 1 is 1.25 bits per heavy atom. The number of aryl methyl sites for hydroxylation is 1. The third-order valence-corrected chi connectivity index (χ3v) is 4.34. The molecule has 0 aliphatic carbocycles. The molecule has 2 heterocycles. The maximum absolute atomic E-state index is 12.2. The number of hydrogen-bond donors (Lipinski definition) is 3. The largest absolute Gasteiger partial charge is 0.317 e. The van der Waals surface area contributed by atoms with Gasteiger partial charge in [0.2, 0.25) is 5.91 Å². The topological polar surface area (TPSA) is 69.8 Å². The summed E-state index contributed by atoms with van der Waals surface area (Å²) < 4.78 is 0. The number of carbonyl (C=O) groups excluding carboxylic acids is 1. The molecule has 0 bridgehead atoms. The van der Waals surface area contributed by atoms with Crippen molar-refractivity contribution in [2.24, 2.45) is 5.92 Å². The molecule has 0 saturated carbocycles. The lowest BCUT2D eigenvalue weighted by Crippen LogP contribution is -2.34. The SMILES string of the molecule is CCCc1ccc(-c2cc(NC(=O)C3CCNCC3)n[nH]2)cc1.Cl. The highest BCUT2D eigenvalue weighted by atomic mass is 35.5. The van der Waals surface area contributed by atoms with Crippen LogP contribution in [0.25, 0.3) is 11.3 Å². The Morgan fingerprint density at radius 3 is 2.62 bits per heavy atom. The predicted molar refractivity (Wildman–Crippen MR) is 99.5 cm³/mol. The number of nitrogens with zero attached hydrogens (tertiary/aromatic N) is 1. The van der Waals surface area contributed by atoms with Crippen LogP contribution in [0.2, 0.25) is 0 Å². The molecule has 0 unspecified atom stereocenters. The van der Waals surface area contributed by atoms with E-state index in [0.717, 1.165) is 50.0 Å². The van der Waals surface area contributed by atoms with Gasteiger partial charge in [0.25, 0.3) is 0 Å². The van der Waals surface area contributed by atoms with Crippen LogP contribution in [0.3, 0.4) is 0 Å². The summed E-state index contributed by atoms with van der Waals surface area (Å²) in [4.78, 5) is 12.2. The van der Waals surface area contributed by atoms with Crippen LogP contribution in [0, 0.1) is 5.92 Å². The van der Waals surface area contributed by atoms with E-state index in [1.165, 1.54) is 5.56 Å². The summed E-state index contributed by atoms with van der Waals surface area (Å²) in [5.41, 5.74) is 3.35. The molecule has 0 atom stereocenters. The van der Waals surface area contributed by atoms with Crippen LogP contribution in [0.4, 0.5) is 5.82 Å².